The number of amides is 1. The summed E-state index contributed by atoms with van der Waals surface area (Å²) in [4.78, 5) is 15.6. The first-order valence-corrected chi connectivity index (χ1v) is 10.4. The number of carbonyl (C=O) groups excluding carboxylic acids is 1. The van der Waals surface area contributed by atoms with Gasteiger partial charge in [0.25, 0.3) is 0 Å². The molecule has 2 aliphatic rings. The summed E-state index contributed by atoms with van der Waals surface area (Å²) in [6.45, 7) is 1.14. The molecule has 28 heavy (non-hydrogen) atoms. The van der Waals surface area contributed by atoms with Gasteiger partial charge in [-0.3, -0.25) is 4.79 Å². The summed E-state index contributed by atoms with van der Waals surface area (Å²) in [7, 11) is 0. The first-order valence-electron chi connectivity index (χ1n) is 10.0. The lowest BCUT2D eigenvalue weighted by Gasteiger charge is -2.32. The quantitative estimate of drug-likeness (QED) is 0.556. The lowest BCUT2D eigenvalue weighted by atomic mass is 9.91. The Bertz CT molecular complexity index is 875. The van der Waals surface area contributed by atoms with Crippen LogP contribution in [0.25, 0.3) is 0 Å². The maximum Gasteiger partial charge on any atom is 0.233 e. The number of hydrogen-bond donors (Lipinski definition) is 0. The fraction of sp³-hybridized carbons (Fsp3) is 0.375. The fourth-order valence-corrected chi connectivity index (χ4v) is 4.45. The number of nitrogens with zero attached hydrogens (tertiary/aromatic N) is 1. The number of allylic oxidation sites excluding steroid dienone is 2. The zero-order chi connectivity index (χ0) is 19.6. The predicted octanol–water partition coefficient (Wildman–Crippen LogP) is 5.90. The van der Waals surface area contributed by atoms with E-state index in [1.807, 2.05) is 23.1 Å². The van der Waals surface area contributed by atoms with Crippen LogP contribution < -0.4 is 0 Å². The molecule has 4 heteroatoms. The van der Waals surface area contributed by atoms with Crippen molar-refractivity contribution in [3.8, 4) is 0 Å². The van der Waals surface area contributed by atoms with Crippen molar-refractivity contribution in [2.45, 2.75) is 44.1 Å². The molecule has 1 saturated carbocycles. The van der Waals surface area contributed by atoms with Crippen molar-refractivity contribution in [1.82, 2.24) is 4.90 Å². The van der Waals surface area contributed by atoms with E-state index in [1.54, 1.807) is 6.07 Å². The van der Waals surface area contributed by atoms with Gasteiger partial charge in [0.1, 0.15) is 5.82 Å². The SMILES string of the molecule is O=C(N(Cc1ccc(F)cc1Cl)C[C@H]1CC=CCC1)C1(c2ccccc2)CC1. The van der Waals surface area contributed by atoms with Crippen LogP contribution in [0.5, 0.6) is 0 Å². The van der Waals surface area contributed by atoms with Gasteiger partial charge in [-0.1, -0.05) is 60.2 Å². The van der Waals surface area contributed by atoms with E-state index in [9.17, 15) is 9.18 Å². The standard InChI is InChI=1S/C24H25ClFNO/c25-22-15-21(26)12-11-19(22)17-27(16-18-7-3-1-4-8-18)23(28)24(13-14-24)20-9-5-2-6-10-20/h1-3,5-6,9-12,15,18H,4,7-8,13-14,16-17H2/t18-/m0/s1. The summed E-state index contributed by atoms with van der Waals surface area (Å²) in [5.41, 5.74) is 1.49. The molecule has 0 spiro atoms. The highest BCUT2D eigenvalue weighted by Gasteiger charge is 2.53. The van der Waals surface area contributed by atoms with E-state index < -0.39 is 5.41 Å². The summed E-state index contributed by atoms with van der Waals surface area (Å²) in [5, 5.41) is 0.380. The van der Waals surface area contributed by atoms with Gasteiger partial charge in [0.15, 0.2) is 0 Å². The molecule has 0 bridgehead atoms. The van der Waals surface area contributed by atoms with Crippen molar-refractivity contribution in [1.29, 1.82) is 0 Å². The van der Waals surface area contributed by atoms with Crippen LogP contribution in [0.2, 0.25) is 5.02 Å². The monoisotopic (exact) mass is 397 g/mol. The molecule has 0 aromatic heterocycles. The summed E-state index contributed by atoms with van der Waals surface area (Å²) >= 11 is 6.28. The Morgan fingerprint density at radius 2 is 1.93 bits per heavy atom. The summed E-state index contributed by atoms with van der Waals surface area (Å²) in [5.74, 6) is 0.278. The largest absolute Gasteiger partial charge is 0.337 e. The van der Waals surface area contributed by atoms with Gasteiger partial charge in [-0.25, -0.2) is 4.39 Å². The molecule has 0 heterocycles. The second-order valence-electron chi connectivity index (χ2n) is 8.02. The highest BCUT2D eigenvalue weighted by molar-refractivity contribution is 6.31. The number of rotatable bonds is 6. The minimum atomic E-state index is -0.404. The number of halogens is 2. The van der Waals surface area contributed by atoms with Crippen molar-refractivity contribution in [2.75, 3.05) is 6.54 Å². The molecule has 0 saturated heterocycles. The smallest absolute Gasteiger partial charge is 0.233 e. The molecule has 4 rings (SSSR count). The van der Waals surface area contributed by atoms with Crippen LogP contribution in [0.15, 0.2) is 60.7 Å². The first kappa shape index (κ1) is 19.2. The molecule has 1 atom stereocenters. The van der Waals surface area contributed by atoms with Gasteiger partial charge >= 0.3 is 0 Å². The molecule has 1 fully saturated rings. The molecule has 0 radical (unpaired) electrons. The Balaban J connectivity index is 1.60. The number of carbonyl (C=O) groups is 1. The molecular formula is C24H25ClFNO. The highest BCUT2D eigenvalue weighted by atomic mass is 35.5. The van der Waals surface area contributed by atoms with Crippen molar-refractivity contribution in [3.63, 3.8) is 0 Å². The van der Waals surface area contributed by atoms with E-state index in [4.69, 9.17) is 11.6 Å². The third-order valence-electron chi connectivity index (χ3n) is 6.01. The van der Waals surface area contributed by atoms with Gasteiger partial charge < -0.3 is 4.90 Å². The molecule has 0 unspecified atom stereocenters. The van der Waals surface area contributed by atoms with Gasteiger partial charge in [0.05, 0.1) is 5.41 Å². The second-order valence-corrected chi connectivity index (χ2v) is 8.43. The molecule has 0 N–H and O–H groups in total. The average molecular weight is 398 g/mol. The second kappa shape index (κ2) is 8.08. The lowest BCUT2D eigenvalue weighted by Crippen LogP contribution is -2.41. The zero-order valence-corrected chi connectivity index (χ0v) is 16.7. The fourth-order valence-electron chi connectivity index (χ4n) is 4.22. The molecular weight excluding hydrogens is 373 g/mol. The van der Waals surface area contributed by atoms with E-state index in [2.05, 4.69) is 24.3 Å². The molecule has 2 nitrogen and oxygen atoms in total. The van der Waals surface area contributed by atoms with Crippen molar-refractivity contribution < 1.29 is 9.18 Å². The topological polar surface area (TPSA) is 20.3 Å². The maximum atomic E-state index is 13.7. The normalized spacial score (nSPS) is 20.0. The van der Waals surface area contributed by atoms with Gasteiger partial charge in [0.2, 0.25) is 5.91 Å². The van der Waals surface area contributed by atoms with E-state index in [0.717, 1.165) is 43.2 Å². The van der Waals surface area contributed by atoms with Gasteiger partial charge in [-0.15, -0.1) is 0 Å². The number of benzene rings is 2. The van der Waals surface area contributed by atoms with Gasteiger partial charge in [-0.05, 0) is 61.3 Å². The lowest BCUT2D eigenvalue weighted by molar-refractivity contribution is -0.135. The minimum Gasteiger partial charge on any atom is -0.337 e. The van der Waals surface area contributed by atoms with Crippen LogP contribution >= 0.6 is 11.6 Å². The van der Waals surface area contributed by atoms with E-state index in [0.29, 0.717) is 24.0 Å². The molecule has 146 valence electrons. The highest BCUT2D eigenvalue weighted by Crippen LogP contribution is 2.50. The summed E-state index contributed by atoms with van der Waals surface area (Å²) in [6.07, 6.45) is 9.35. The van der Waals surface area contributed by atoms with Crippen molar-refractivity contribution >= 4 is 17.5 Å². The number of hydrogen-bond acceptors (Lipinski definition) is 1. The third-order valence-corrected chi connectivity index (χ3v) is 6.36. The molecule has 2 aromatic rings. The Labute approximate surface area is 171 Å². The maximum absolute atomic E-state index is 13.7. The Hall–Kier alpha value is -2.13. The minimum absolute atomic E-state index is 0.175. The first-order chi connectivity index (χ1) is 13.6. The Morgan fingerprint density at radius 1 is 1.14 bits per heavy atom. The van der Waals surface area contributed by atoms with E-state index >= 15 is 0 Å². The van der Waals surface area contributed by atoms with Crippen molar-refractivity contribution in [2.24, 2.45) is 5.92 Å². The van der Waals surface area contributed by atoms with Gasteiger partial charge in [-0.2, -0.15) is 0 Å². The molecule has 0 aliphatic heterocycles. The molecule has 1 amide bonds. The summed E-state index contributed by atoms with van der Waals surface area (Å²) < 4.78 is 13.5. The van der Waals surface area contributed by atoms with Crippen LogP contribution in [-0.4, -0.2) is 17.4 Å². The average Bonchev–Trinajstić information content (AvgIpc) is 3.52. The Morgan fingerprint density at radius 3 is 2.57 bits per heavy atom. The third kappa shape index (κ3) is 4.00. The summed E-state index contributed by atoms with van der Waals surface area (Å²) in [6, 6.07) is 14.5. The van der Waals surface area contributed by atoms with Gasteiger partial charge in [0, 0.05) is 18.1 Å². The van der Waals surface area contributed by atoms with E-state index in [1.165, 1.54) is 12.1 Å². The van der Waals surface area contributed by atoms with E-state index in [-0.39, 0.29) is 11.7 Å². The van der Waals surface area contributed by atoms with Crippen molar-refractivity contribution in [3.05, 3.63) is 82.6 Å². The zero-order valence-electron chi connectivity index (χ0n) is 15.9. The Kier molecular flexibility index (Phi) is 5.54. The van der Waals surface area contributed by atoms with Crippen LogP contribution in [0, 0.1) is 11.7 Å². The van der Waals surface area contributed by atoms with Crippen LogP contribution in [0.4, 0.5) is 4.39 Å². The van der Waals surface area contributed by atoms with Crippen LogP contribution in [0.3, 0.4) is 0 Å². The van der Waals surface area contributed by atoms with Crippen LogP contribution in [0.1, 0.15) is 43.2 Å². The predicted molar refractivity (Wildman–Crippen MR) is 111 cm³/mol. The molecule has 2 aromatic carbocycles. The molecule has 2 aliphatic carbocycles. The van der Waals surface area contributed by atoms with Crippen LogP contribution in [-0.2, 0) is 16.8 Å².